The highest BCUT2D eigenvalue weighted by Gasteiger charge is 2.27. The maximum atomic E-state index is 13.1. The van der Waals surface area contributed by atoms with Gasteiger partial charge in [0.25, 0.3) is 0 Å². The van der Waals surface area contributed by atoms with Crippen molar-refractivity contribution in [3.05, 3.63) is 34.6 Å². The van der Waals surface area contributed by atoms with E-state index in [1.165, 1.54) is 12.1 Å². The molecule has 0 aliphatic carbocycles. The molecular formula is C14H18ClF4NO. The van der Waals surface area contributed by atoms with Crippen LogP contribution in [0.4, 0.5) is 17.6 Å². The van der Waals surface area contributed by atoms with Gasteiger partial charge < -0.3 is 10.1 Å². The first-order valence-electron chi connectivity index (χ1n) is 6.63. The molecule has 1 aromatic rings. The largest absolute Gasteiger partial charge is 0.411 e. The van der Waals surface area contributed by atoms with Crippen LogP contribution in [-0.4, -0.2) is 32.0 Å². The fourth-order valence-corrected chi connectivity index (χ4v) is 2.13. The van der Waals surface area contributed by atoms with E-state index in [0.717, 1.165) is 5.56 Å². The lowest BCUT2D eigenvalue weighted by molar-refractivity contribution is -0.174. The van der Waals surface area contributed by atoms with Gasteiger partial charge >= 0.3 is 6.18 Å². The number of hydrogen-bond donors (Lipinski definition) is 1. The van der Waals surface area contributed by atoms with E-state index in [9.17, 15) is 17.6 Å². The van der Waals surface area contributed by atoms with Gasteiger partial charge in [0.2, 0.25) is 0 Å². The molecule has 0 fully saturated rings. The third-order valence-corrected chi connectivity index (χ3v) is 3.12. The normalized spacial score (nSPS) is 13.4. The van der Waals surface area contributed by atoms with Crippen molar-refractivity contribution in [2.45, 2.75) is 32.0 Å². The Labute approximate surface area is 126 Å². The summed E-state index contributed by atoms with van der Waals surface area (Å²) < 4.78 is 53.6. The van der Waals surface area contributed by atoms with Crippen LogP contribution in [0.15, 0.2) is 18.2 Å². The molecule has 0 saturated heterocycles. The maximum absolute atomic E-state index is 13.1. The van der Waals surface area contributed by atoms with Gasteiger partial charge in [-0.15, -0.1) is 0 Å². The zero-order chi connectivity index (χ0) is 15.9. The molecule has 0 spiro atoms. The van der Waals surface area contributed by atoms with Crippen LogP contribution in [-0.2, 0) is 11.2 Å². The van der Waals surface area contributed by atoms with E-state index in [1.54, 1.807) is 6.07 Å². The van der Waals surface area contributed by atoms with Crippen molar-refractivity contribution in [2.75, 3.05) is 19.8 Å². The Kier molecular flexibility index (Phi) is 7.42. The molecule has 21 heavy (non-hydrogen) atoms. The van der Waals surface area contributed by atoms with Crippen LogP contribution in [0.25, 0.3) is 0 Å². The van der Waals surface area contributed by atoms with Crippen molar-refractivity contribution in [1.29, 1.82) is 0 Å². The van der Waals surface area contributed by atoms with Gasteiger partial charge in [-0.3, -0.25) is 0 Å². The lowest BCUT2D eigenvalue weighted by Gasteiger charge is -2.18. The highest BCUT2D eigenvalue weighted by molar-refractivity contribution is 6.30. The number of ether oxygens (including phenoxy) is 1. The summed E-state index contributed by atoms with van der Waals surface area (Å²) in [6.45, 7) is 1.35. The number of nitrogens with one attached hydrogen (secondary N) is 1. The van der Waals surface area contributed by atoms with E-state index < -0.39 is 18.6 Å². The molecule has 0 saturated carbocycles. The van der Waals surface area contributed by atoms with Gasteiger partial charge in [-0.2, -0.15) is 13.2 Å². The van der Waals surface area contributed by atoms with Crippen LogP contribution in [0.3, 0.4) is 0 Å². The van der Waals surface area contributed by atoms with Crippen LogP contribution in [0.1, 0.15) is 18.9 Å². The Hall–Kier alpha value is -0.850. The van der Waals surface area contributed by atoms with Crippen LogP contribution < -0.4 is 5.32 Å². The predicted octanol–water partition coefficient (Wildman–Crippen LogP) is 3.97. The van der Waals surface area contributed by atoms with E-state index in [0.29, 0.717) is 19.4 Å². The van der Waals surface area contributed by atoms with Gasteiger partial charge in [0.15, 0.2) is 0 Å². The molecule has 0 amide bonds. The van der Waals surface area contributed by atoms with Crippen LogP contribution >= 0.6 is 11.6 Å². The fourth-order valence-electron chi connectivity index (χ4n) is 1.93. The molecule has 120 valence electrons. The van der Waals surface area contributed by atoms with Crippen LogP contribution in [0.5, 0.6) is 0 Å². The second-order valence-electron chi connectivity index (χ2n) is 4.66. The molecule has 1 unspecified atom stereocenters. The van der Waals surface area contributed by atoms with E-state index in [4.69, 9.17) is 11.6 Å². The summed E-state index contributed by atoms with van der Waals surface area (Å²) >= 11 is 5.71. The third-order valence-electron chi connectivity index (χ3n) is 2.84. The van der Waals surface area contributed by atoms with Gasteiger partial charge in [-0.1, -0.05) is 24.6 Å². The predicted molar refractivity (Wildman–Crippen MR) is 74.1 cm³/mol. The van der Waals surface area contributed by atoms with Crippen LogP contribution in [0.2, 0.25) is 5.02 Å². The minimum Gasteiger partial charge on any atom is -0.372 e. The lowest BCUT2D eigenvalue weighted by atomic mass is 10.0. The topological polar surface area (TPSA) is 21.3 Å². The molecule has 0 heterocycles. The minimum atomic E-state index is -4.31. The van der Waals surface area contributed by atoms with Gasteiger partial charge in [0.05, 0.1) is 5.02 Å². The third kappa shape index (κ3) is 7.64. The zero-order valence-corrected chi connectivity index (χ0v) is 12.4. The van der Waals surface area contributed by atoms with Gasteiger partial charge in [0.1, 0.15) is 12.4 Å². The molecule has 0 aromatic heterocycles. The standard InChI is InChI=1S/C14H18ClF4NO/c1-2-20-11(5-6-21-9-14(17,18)19)7-10-3-4-13(16)12(15)8-10/h3-4,8,11,20H,2,5-7,9H2,1H3. The first-order chi connectivity index (χ1) is 9.81. The minimum absolute atomic E-state index is 0.00606. The summed E-state index contributed by atoms with van der Waals surface area (Å²) in [4.78, 5) is 0. The Morgan fingerprint density at radius 1 is 1.33 bits per heavy atom. The molecule has 7 heteroatoms. The quantitative estimate of drug-likeness (QED) is 0.576. The summed E-state index contributed by atoms with van der Waals surface area (Å²) in [5.41, 5.74) is 0.822. The van der Waals surface area contributed by atoms with E-state index in [2.05, 4.69) is 10.1 Å². The second kappa shape index (κ2) is 8.56. The van der Waals surface area contributed by atoms with Crippen LogP contribution in [0, 0.1) is 5.82 Å². The molecule has 1 rings (SSSR count). The average molecular weight is 328 g/mol. The molecule has 2 nitrogen and oxygen atoms in total. The first-order valence-corrected chi connectivity index (χ1v) is 7.01. The van der Waals surface area contributed by atoms with Crippen molar-refractivity contribution in [3.8, 4) is 0 Å². The van der Waals surface area contributed by atoms with Gasteiger partial charge in [0, 0.05) is 12.6 Å². The smallest absolute Gasteiger partial charge is 0.372 e. The molecule has 1 atom stereocenters. The van der Waals surface area contributed by atoms with Crippen molar-refractivity contribution in [3.63, 3.8) is 0 Å². The van der Waals surface area contributed by atoms with E-state index >= 15 is 0 Å². The SMILES string of the molecule is CCNC(CCOCC(F)(F)F)Cc1ccc(F)c(Cl)c1. The van der Waals surface area contributed by atoms with Gasteiger partial charge in [-0.25, -0.2) is 4.39 Å². The molecule has 0 aliphatic rings. The Bertz CT molecular complexity index is 439. The summed E-state index contributed by atoms with van der Waals surface area (Å²) in [5.74, 6) is -0.492. The maximum Gasteiger partial charge on any atom is 0.411 e. The lowest BCUT2D eigenvalue weighted by Crippen LogP contribution is -2.32. The molecule has 0 aliphatic heterocycles. The van der Waals surface area contributed by atoms with Crippen molar-refractivity contribution in [2.24, 2.45) is 0 Å². The van der Waals surface area contributed by atoms with Gasteiger partial charge in [-0.05, 0) is 37.1 Å². The van der Waals surface area contributed by atoms with E-state index in [1.807, 2.05) is 6.92 Å². The summed E-state index contributed by atoms with van der Waals surface area (Å²) in [6, 6.07) is 4.37. The number of rotatable bonds is 8. The van der Waals surface area contributed by atoms with Crippen molar-refractivity contribution in [1.82, 2.24) is 5.32 Å². The number of alkyl halides is 3. The zero-order valence-electron chi connectivity index (χ0n) is 11.6. The first kappa shape index (κ1) is 18.2. The Balaban J connectivity index is 2.47. The number of hydrogen-bond acceptors (Lipinski definition) is 2. The molecule has 1 N–H and O–H groups in total. The highest BCUT2D eigenvalue weighted by atomic mass is 35.5. The van der Waals surface area contributed by atoms with Crippen molar-refractivity contribution < 1.29 is 22.3 Å². The van der Waals surface area contributed by atoms with Crippen molar-refractivity contribution >= 4 is 11.6 Å². The average Bonchev–Trinajstić information content (AvgIpc) is 2.38. The number of benzene rings is 1. The highest BCUT2D eigenvalue weighted by Crippen LogP contribution is 2.18. The monoisotopic (exact) mass is 327 g/mol. The summed E-state index contributed by atoms with van der Waals surface area (Å²) in [5, 5.41) is 3.20. The fraction of sp³-hybridized carbons (Fsp3) is 0.571. The Morgan fingerprint density at radius 2 is 2.05 bits per heavy atom. The second-order valence-corrected chi connectivity index (χ2v) is 5.07. The van der Waals surface area contributed by atoms with E-state index in [-0.39, 0.29) is 17.7 Å². The number of likely N-dealkylation sites (N-methyl/N-ethyl adjacent to an activating group) is 1. The molecule has 1 aromatic carbocycles. The Morgan fingerprint density at radius 3 is 2.62 bits per heavy atom. The summed E-state index contributed by atoms with van der Waals surface area (Å²) in [7, 11) is 0. The molecule has 0 radical (unpaired) electrons. The molecule has 0 bridgehead atoms. The molecular weight excluding hydrogens is 310 g/mol. The number of halogens is 5. The summed E-state index contributed by atoms with van der Waals surface area (Å²) in [6.07, 6.45) is -3.33.